The van der Waals surface area contributed by atoms with Gasteiger partial charge in [-0.25, -0.2) is 9.97 Å². The lowest BCUT2D eigenvalue weighted by atomic mass is 9.88. The first-order valence-electron chi connectivity index (χ1n) is 13.5. The number of nitrogens with one attached hydrogen (secondary N) is 4. The summed E-state index contributed by atoms with van der Waals surface area (Å²) in [7, 11) is 0. The summed E-state index contributed by atoms with van der Waals surface area (Å²) in [5.41, 5.74) is 6.80. The van der Waals surface area contributed by atoms with Crippen molar-refractivity contribution in [1.82, 2.24) is 20.3 Å². The molecule has 4 aromatic rings. The first kappa shape index (κ1) is 24.3. The Hall–Kier alpha value is -4.04. The number of aromatic nitrogens is 3. The standard InChI is InChI=1S/C30H32N6O2/c1-18-15-21(33-29(37)19-5-3-2-4-6-19)8-9-22(18)25-16-26(28-24(34-25)12-14-32-30(28)38)36-27-10-7-20-17-31-13-11-23(20)35-27/h7-10,12,14-16,19,31H,2-6,11,13,17H2,1H3,(H,32,38)(H,33,37)(H,34,35,36). The summed E-state index contributed by atoms with van der Waals surface area (Å²) in [4.78, 5) is 38.0. The lowest BCUT2D eigenvalue weighted by Crippen LogP contribution is -2.24. The molecule has 0 atom stereocenters. The van der Waals surface area contributed by atoms with Crippen LogP contribution in [0.5, 0.6) is 0 Å². The van der Waals surface area contributed by atoms with Crippen molar-refractivity contribution in [3.8, 4) is 11.3 Å². The van der Waals surface area contributed by atoms with Gasteiger partial charge in [0.25, 0.3) is 5.56 Å². The summed E-state index contributed by atoms with van der Waals surface area (Å²) < 4.78 is 0. The molecule has 1 fully saturated rings. The van der Waals surface area contributed by atoms with E-state index in [1.165, 1.54) is 12.0 Å². The van der Waals surface area contributed by atoms with Crippen molar-refractivity contribution in [1.29, 1.82) is 0 Å². The Morgan fingerprint density at radius 1 is 1.03 bits per heavy atom. The van der Waals surface area contributed by atoms with Crippen LogP contribution in [0, 0.1) is 12.8 Å². The number of carbonyl (C=O) groups excluding carboxylic acids is 1. The molecule has 194 valence electrons. The molecule has 8 nitrogen and oxygen atoms in total. The normalized spacial score (nSPS) is 15.7. The van der Waals surface area contributed by atoms with E-state index < -0.39 is 0 Å². The Bertz CT molecular complexity index is 1570. The van der Waals surface area contributed by atoms with Crippen molar-refractivity contribution in [2.24, 2.45) is 5.92 Å². The molecule has 1 amide bonds. The van der Waals surface area contributed by atoms with Gasteiger partial charge in [-0.1, -0.05) is 31.4 Å². The van der Waals surface area contributed by atoms with Crippen molar-refractivity contribution < 1.29 is 4.79 Å². The van der Waals surface area contributed by atoms with E-state index in [2.05, 4.69) is 27.0 Å². The maximum atomic E-state index is 12.8. The highest BCUT2D eigenvalue weighted by atomic mass is 16.2. The summed E-state index contributed by atoms with van der Waals surface area (Å²) >= 11 is 0. The molecule has 0 bridgehead atoms. The number of rotatable bonds is 5. The van der Waals surface area contributed by atoms with E-state index >= 15 is 0 Å². The topological polar surface area (TPSA) is 112 Å². The van der Waals surface area contributed by atoms with Gasteiger partial charge >= 0.3 is 0 Å². The minimum Gasteiger partial charge on any atom is -0.339 e. The van der Waals surface area contributed by atoms with Crippen molar-refractivity contribution in [3.05, 3.63) is 75.8 Å². The SMILES string of the molecule is Cc1cc(NC(=O)C2CCCCC2)ccc1-c1cc(Nc2ccc3c(n2)CCNC3)c2c(=O)[nH]ccc2n1. The zero-order chi connectivity index (χ0) is 26.1. The van der Waals surface area contributed by atoms with Gasteiger partial charge < -0.3 is 20.9 Å². The van der Waals surface area contributed by atoms with Crippen molar-refractivity contribution in [2.45, 2.75) is 52.0 Å². The Morgan fingerprint density at radius 2 is 1.89 bits per heavy atom. The molecule has 0 spiro atoms. The van der Waals surface area contributed by atoms with Crippen LogP contribution in [-0.2, 0) is 17.8 Å². The van der Waals surface area contributed by atoms with Crippen LogP contribution in [0.15, 0.2) is 53.5 Å². The number of carbonyl (C=O) groups is 1. The average molecular weight is 509 g/mol. The van der Waals surface area contributed by atoms with Crippen LogP contribution >= 0.6 is 0 Å². The van der Waals surface area contributed by atoms with Crippen molar-refractivity contribution >= 4 is 34.0 Å². The third kappa shape index (κ3) is 4.91. The van der Waals surface area contributed by atoms with Crippen LogP contribution in [0.2, 0.25) is 0 Å². The van der Waals surface area contributed by atoms with E-state index in [0.29, 0.717) is 22.4 Å². The van der Waals surface area contributed by atoms with E-state index in [1.54, 1.807) is 6.20 Å². The van der Waals surface area contributed by atoms with Crippen LogP contribution in [0.4, 0.5) is 17.2 Å². The smallest absolute Gasteiger partial charge is 0.259 e. The third-order valence-electron chi connectivity index (χ3n) is 7.66. The minimum absolute atomic E-state index is 0.103. The minimum atomic E-state index is -0.205. The molecular weight excluding hydrogens is 476 g/mol. The Morgan fingerprint density at radius 3 is 2.74 bits per heavy atom. The molecule has 8 heteroatoms. The Balaban J connectivity index is 1.33. The van der Waals surface area contributed by atoms with Gasteiger partial charge in [-0.2, -0.15) is 0 Å². The highest BCUT2D eigenvalue weighted by molar-refractivity contribution is 5.95. The van der Waals surface area contributed by atoms with Gasteiger partial charge in [0.2, 0.25) is 5.91 Å². The molecule has 1 aromatic carbocycles. The molecule has 1 aliphatic heterocycles. The van der Waals surface area contributed by atoms with Gasteiger partial charge in [0.15, 0.2) is 0 Å². The number of anilines is 3. The van der Waals surface area contributed by atoms with E-state index in [1.807, 2.05) is 43.3 Å². The van der Waals surface area contributed by atoms with E-state index in [0.717, 1.165) is 73.4 Å². The fourth-order valence-corrected chi connectivity index (χ4v) is 5.61. The fourth-order valence-electron chi connectivity index (χ4n) is 5.61. The van der Waals surface area contributed by atoms with Crippen LogP contribution in [0.1, 0.15) is 48.9 Å². The Kier molecular flexibility index (Phi) is 6.64. The van der Waals surface area contributed by atoms with Gasteiger partial charge in [-0.15, -0.1) is 0 Å². The van der Waals surface area contributed by atoms with E-state index in [4.69, 9.17) is 9.97 Å². The zero-order valence-corrected chi connectivity index (χ0v) is 21.6. The maximum Gasteiger partial charge on any atom is 0.259 e. The molecule has 6 rings (SSSR count). The number of aromatic amines is 1. The molecule has 1 saturated carbocycles. The second-order valence-electron chi connectivity index (χ2n) is 10.3. The average Bonchev–Trinajstić information content (AvgIpc) is 2.93. The molecule has 3 aromatic heterocycles. The molecule has 1 aliphatic carbocycles. The Labute approximate surface area is 221 Å². The summed E-state index contributed by atoms with van der Waals surface area (Å²) in [6, 6.07) is 13.7. The third-order valence-corrected chi connectivity index (χ3v) is 7.66. The largest absolute Gasteiger partial charge is 0.339 e. The van der Waals surface area contributed by atoms with E-state index in [9.17, 15) is 9.59 Å². The molecule has 0 radical (unpaired) electrons. The van der Waals surface area contributed by atoms with Crippen LogP contribution in [-0.4, -0.2) is 27.4 Å². The fraction of sp³-hybridized carbons (Fsp3) is 0.333. The second-order valence-corrected chi connectivity index (χ2v) is 10.3. The number of hydrogen-bond donors (Lipinski definition) is 4. The van der Waals surface area contributed by atoms with Crippen molar-refractivity contribution in [3.63, 3.8) is 0 Å². The number of fused-ring (bicyclic) bond motifs is 2. The molecular formula is C30H32N6O2. The van der Waals surface area contributed by atoms with Gasteiger partial charge in [0.1, 0.15) is 5.82 Å². The highest BCUT2D eigenvalue weighted by Crippen LogP contribution is 2.32. The van der Waals surface area contributed by atoms with Gasteiger partial charge in [0, 0.05) is 48.6 Å². The summed E-state index contributed by atoms with van der Waals surface area (Å²) in [5, 5.41) is 10.4. The monoisotopic (exact) mass is 508 g/mol. The summed E-state index contributed by atoms with van der Waals surface area (Å²) in [5.74, 6) is 0.913. The predicted octanol–water partition coefficient (Wildman–Crippen LogP) is 5.20. The molecule has 4 N–H and O–H groups in total. The number of aryl methyl sites for hydroxylation is 1. The number of hydrogen-bond acceptors (Lipinski definition) is 6. The number of pyridine rings is 3. The first-order valence-corrected chi connectivity index (χ1v) is 13.5. The highest BCUT2D eigenvalue weighted by Gasteiger charge is 2.21. The van der Waals surface area contributed by atoms with Crippen LogP contribution < -0.4 is 21.5 Å². The van der Waals surface area contributed by atoms with E-state index in [-0.39, 0.29) is 17.4 Å². The number of amides is 1. The van der Waals surface area contributed by atoms with Crippen LogP contribution in [0.25, 0.3) is 22.2 Å². The number of benzene rings is 1. The first-order chi connectivity index (χ1) is 18.5. The number of H-pyrrole nitrogens is 1. The molecule has 0 saturated heterocycles. The summed E-state index contributed by atoms with van der Waals surface area (Å²) in [6.45, 7) is 3.74. The van der Waals surface area contributed by atoms with Gasteiger partial charge in [-0.05, 0) is 61.2 Å². The second kappa shape index (κ2) is 10.4. The molecule has 2 aliphatic rings. The van der Waals surface area contributed by atoms with Gasteiger partial charge in [0.05, 0.1) is 22.3 Å². The quantitative estimate of drug-likeness (QED) is 0.295. The lowest BCUT2D eigenvalue weighted by molar-refractivity contribution is -0.120. The maximum absolute atomic E-state index is 12.8. The van der Waals surface area contributed by atoms with Crippen molar-refractivity contribution in [2.75, 3.05) is 17.2 Å². The summed E-state index contributed by atoms with van der Waals surface area (Å²) in [6.07, 6.45) is 7.90. The predicted molar refractivity (Wildman–Crippen MR) is 151 cm³/mol. The zero-order valence-electron chi connectivity index (χ0n) is 21.6. The van der Waals surface area contributed by atoms with Crippen LogP contribution in [0.3, 0.4) is 0 Å². The lowest BCUT2D eigenvalue weighted by Gasteiger charge is -2.21. The number of nitrogens with zero attached hydrogens (tertiary/aromatic N) is 2. The van der Waals surface area contributed by atoms with Gasteiger partial charge in [-0.3, -0.25) is 9.59 Å². The molecule has 38 heavy (non-hydrogen) atoms. The molecule has 0 unspecified atom stereocenters. The molecule has 4 heterocycles.